The van der Waals surface area contributed by atoms with Crippen LogP contribution >= 0.6 is 0 Å². The van der Waals surface area contributed by atoms with Crippen molar-refractivity contribution in [3.8, 4) is 16.9 Å². The van der Waals surface area contributed by atoms with Crippen LogP contribution in [-0.4, -0.2) is 66.5 Å². The van der Waals surface area contributed by atoms with E-state index in [1.807, 2.05) is 0 Å². The Hall–Kier alpha value is -2.90. The minimum absolute atomic E-state index is 0.126. The summed E-state index contributed by atoms with van der Waals surface area (Å²) in [7, 11) is 1.72. The van der Waals surface area contributed by atoms with Crippen LogP contribution in [0, 0.1) is 0 Å². The van der Waals surface area contributed by atoms with Crippen LogP contribution in [0.1, 0.15) is 20.7 Å². The molecule has 0 saturated carbocycles. The van der Waals surface area contributed by atoms with Crippen molar-refractivity contribution in [2.75, 3.05) is 33.4 Å². The molecule has 1 fully saturated rings. The molecule has 2 aromatic rings. The fourth-order valence-corrected chi connectivity index (χ4v) is 2.94. The van der Waals surface area contributed by atoms with E-state index in [2.05, 4.69) is 0 Å². The van der Waals surface area contributed by atoms with Crippen molar-refractivity contribution in [2.24, 2.45) is 0 Å². The highest BCUT2D eigenvalue weighted by Crippen LogP contribution is 2.26. The van der Waals surface area contributed by atoms with Gasteiger partial charge >= 0.3 is 5.97 Å². The highest BCUT2D eigenvalue weighted by Gasteiger charge is 2.20. The number of carbonyl (C=O) groups is 2. The van der Waals surface area contributed by atoms with Gasteiger partial charge in [0, 0.05) is 19.2 Å². The van der Waals surface area contributed by atoms with Crippen LogP contribution < -0.4 is 0 Å². The van der Waals surface area contributed by atoms with Gasteiger partial charge < -0.3 is 24.6 Å². The number of aromatic hydroxyl groups is 1. The zero-order valence-electron chi connectivity index (χ0n) is 14.9. The molecule has 7 nitrogen and oxygen atoms in total. The van der Waals surface area contributed by atoms with Gasteiger partial charge in [-0.1, -0.05) is 18.2 Å². The molecular weight excluding hydrogens is 350 g/mol. The number of phenols is 1. The van der Waals surface area contributed by atoms with Crippen LogP contribution in [0.5, 0.6) is 5.75 Å². The third-order valence-electron chi connectivity index (χ3n) is 4.40. The molecule has 1 aliphatic rings. The van der Waals surface area contributed by atoms with E-state index in [1.54, 1.807) is 42.3 Å². The van der Waals surface area contributed by atoms with Gasteiger partial charge in [0.1, 0.15) is 11.3 Å². The van der Waals surface area contributed by atoms with E-state index in [0.717, 1.165) is 5.56 Å². The van der Waals surface area contributed by atoms with Gasteiger partial charge in [0.25, 0.3) is 5.91 Å². The Balaban J connectivity index is 1.72. The average molecular weight is 371 g/mol. The summed E-state index contributed by atoms with van der Waals surface area (Å²) in [4.78, 5) is 25.3. The van der Waals surface area contributed by atoms with Crippen LogP contribution in [0.15, 0.2) is 42.5 Å². The van der Waals surface area contributed by atoms with Gasteiger partial charge in [-0.3, -0.25) is 4.79 Å². The number of carbonyl (C=O) groups excluding carboxylic acids is 1. The van der Waals surface area contributed by atoms with Gasteiger partial charge in [0.05, 0.1) is 25.9 Å². The van der Waals surface area contributed by atoms with Gasteiger partial charge in [0.15, 0.2) is 0 Å². The van der Waals surface area contributed by atoms with Gasteiger partial charge in [-0.2, -0.15) is 0 Å². The Morgan fingerprint density at radius 2 is 1.81 bits per heavy atom. The molecule has 0 aliphatic carbocycles. The van der Waals surface area contributed by atoms with Crippen LogP contribution in [0.4, 0.5) is 0 Å². The molecule has 1 heterocycles. The first-order valence-corrected chi connectivity index (χ1v) is 8.57. The lowest BCUT2D eigenvalue weighted by molar-refractivity contribution is -0.0933. The third kappa shape index (κ3) is 4.45. The van der Waals surface area contributed by atoms with E-state index in [4.69, 9.17) is 14.6 Å². The molecule has 142 valence electrons. The van der Waals surface area contributed by atoms with E-state index >= 15 is 0 Å². The second kappa shape index (κ2) is 8.20. The summed E-state index contributed by atoms with van der Waals surface area (Å²) in [5.74, 6) is -1.61. The normalized spacial score (nSPS) is 16.7. The summed E-state index contributed by atoms with van der Waals surface area (Å²) in [5, 5.41) is 18.7. The molecule has 2 N–H and O–H groups in total. The smallest absolute Gasteiger partial charge is 0.339 e. The molecule has 1 atom stereocenters. The third-order valence-corrected chi connectivity index (χ3v) is 4.40. The Labute approximate surface area is 156 Å². The molecular formula is C20H21NO6. The van der Waals surface area contributed by atoms with E-state index in [1.165, 1.54) is 12.1 Å². The number of benzene rings is 2. The molecule has 27 heavy (non-hydrogen) atoms. The SMILES string of the molecule is CN(CC1COCCO1)C(=O)c1ccc(-c2ccc(O)c(C(=O)O)c2)cc1. The predicted octanol–water partition coefficient (Wildman–Crippen LogP) is 2.24. The maximum absolute atomic E-state index is 12.6. The summed E-state index contributed by atoms with van der Waals surface area (Å²) in [6.07, 6.45) is -0.126. The molecule has 1 amide bonds. The van der Waals surface area contributed by atoms with Crippen molar-refractivity contribution < 1.29 is 29.3 Å². The Morgan fingerprint density at radius 3 is 2.44 bits per heavy atom. The first-order chi connectivity index (χ1) is 13.0. The first-order valence-electron chi connectivity index (χ1n) is 8.57. The minimum Gasteiger partial charge on any atom is -0.507 e. The van der Waals surface area contributed by atoms with Crippen LogP contribution in [0.2, 0.25) is 0 Å². The maximum atomic E-state index is 12.6. The molecule has 0 bridgehead atoms. The standard InChI is InChI=1S/C20H21NO6/c1-21(11-16-12-26-8-9-27-16)19(23)14-4-2-13(3-5-14)15-6-7-18(22)17(10-15)20(24)25/h2-7,10,16,22H,8-9,11-12H2,1H3,(H,24,25). The van der Waals surface area contributed by atoms with E-state index < -0.39 is 5.97 Å². The molecule has 2 aromatic carbocycles. The summed E-state index contributed by atoms with van der Waals surface area (Å²) in [6.45, 7) is 2.03. The number of hydrogen-bond donors (Lipinski definition) is 2. The quantitative estimate of drug-likeness (QED) is 0.837. The zero-order chi connectivity index (χ0) is 19.4. The first kappa shape index (κ1) is 18.9. The minimum atomic E-state index is -1.20. The fraction of sp³-hybridized carbons (Fsp3) is 0.300. The molecule has 7 heteroatoms. The Kier molecular flexibility index (Phi) is 5.73. The number of nitrogens with zero attached hydrogens (tertiary/aromatic N) is 1. The van der Waals surface area contributed by atoms with Crippen molar-refractivity contribution in [3.05, 3.63) is 53.6 Å². The van der Waals surface area contributed by atoms with Gasteiger partial charge in [-0.15, -0.1) is 0 Å². The van der Waals surface area contributed by atoms with Crippen LogP contribution in [0.3, 0.4) is 0 Å². The van der Waals surface area contributed by atoms with Crippen molar-refractivity contribution in [1.29, 1.82) is 0 Å². The van der Waals surface area contributed by atoms with Crippen molar-refractivity contribution in [3.63, 3.8) is 0 Å². The summed E-state index contributed by atoms with van der Waals surface area (Å²) >= 11 is 0. The maximum Gasteiger partial charge on any atom is 0.339 e. The molecule has 0 spiro atoms. The van der Waals surface area contributed by atoms with Crippen molar-refractivity contribution in [2.45, 2.75) is 6.10 Å². The van der Waals surface area contributed by atoms with Crippen molar-refractivity contribution >= 4 is 11.9 Å². The van der Waals surface area contributed by atoms with Gasteiger partial charge in [0.2, 0.25) is 0 Å². The Morgan fingerprint density at radius 1 is 1.11 bits per heavy atom. The highest BCUT2D eigenvalue weighted by molar-refractivity contribution is 5.95. The molecule has 1 saturated heterocycles. The lowest BCUT2D eigenvalue weighted by Crippen LogP contribution is -2.40. The molecule has 3 rings (SSSR count). The van der Waals surface area contributed by atoms with Crippen LogP contribution in [-0.2, 0) is 9.47 Å². The molecule has 1 aliphatic heterocycles. The summed E-state index contributed by atoms with van der Waals surface area (Å²) < 4.78 is 10.9. The second-order valence-electron chi connectivity index (χ2n) is 6.37. The highest BCUT2D eigenvalue weighted by atomic mass is 16.6. The number of rotatable bonds is 5. The average Bonchev–Trinajstić information content (AvgIpc) is 2.68. The largest absolute Gasteiger partial charge is 0.507 e. The zero-order valence-corrected chi connectivity index (χ0v) is 14.9. The van der Waals surface area contributed by atoms with E-state index in [0.29, 0.717) is 37.5 Å². The number of hydrogen-bond acceptors (Lipinski definition) is 5. The van der Waals surface area contributed by atoms with E-state index in [-0.39, 0.29) is 23.3 Å². The number of likely N-dealkylation sites (N-methyl/N-ethyl adjacent to an activating group) is 1. The number of aromatic carboxylic acids is 1. The van der Waals surface area contributed by atoms with E-state index in [9.17, 15) is 14.7 Å². The fourth-order valence-electron chi connectivity index (χ4n) is 2.94. The monoisotopic (exact) mass is 371 g/mol. The lowest BCUT2D eigenvalue weighted by atomic mass is 10.0. The summed E-state index contributed by atoms with van der Waals surface area (Å²) in [5.41, 5.74) is 1.75. The lowest BCUT2D eigenvalue weighted by Gasteiger charge is -2.27. The van der Waals surface area contributed by atoms with Crippen molar-refractivity contribution in [1.82, 2.24) is 4.90 Å². The number of carboxylic acids is 1. The number of carboxylic acid groups (broad SMARTS) is 1. The van der Waals surface area contributed by atoms with Crippen LogP contribution in [0.25, 0.3) is 11.1 Å². The Bertz CT molecular complexity index is 827. The molecule has 0 aromatic heterocycles. The second-order valence-corrected chi connectivity index (χ2v) is 6.37. The predicted molar refractivity (Wildman–Crippen MR) is 98.0 cm³/mol. The topological polar surface area (TPSA) is 96.3 Å². The molecule has 0 radical (unpaired) electrons. The summed E-state index contributed by atoms with van der Waals surface area (Å²) in [6, 6.07) is 11.3. The van der Waals surface area contributed by atoms with Gasteiger partial charge in [-0.25, -0.2) is 4.79 Å². The molecule has 1 unspecified atom stereocenters. The number of amides is 1. The van der Waals surface area contributed by atoms with Gasteiger partial charge in [-0.05, 0) is 35.4 Å². The number of ether oxygens (including phenoxy) is 2.